The van der Waals surface area contributed by atoms with Crippen LogP contribution in [0, 0.1) is 17.3 Å². The first kappa shape index (κ1) is 18.8. The summed E-state index contributed by atoms with van der Waals surface area (Å²) < 4.78 is 11.7. The van der Waals surface area contributed by atoms with Crippen molar-refractivity contribution < 1.29 is 14.3 Å². The van der Waals surface area contributed by atoms with E-state index < -0.39 is 0 Å². The van der Waals surface area contributed by atoms with Gasteiger partial charge in [-0.2, -0.15) is 0 Å². The van der Waals surface area contributed by atoms with Gasteiger partial charge in [0.1, 0.15) is 11.9 Å². The molecule has 3 atom stereocenters. The third kappa shape index (κ3) is 3.72. The molecule has 1 fully saturated rings. The van der Waals surface area contributed by atoms with Crippen molar-refractivity contribution in [1.82, 2.24) is 0 Å². The fourth-order valence-corrected chi connectivity index (χ4v) is 3.86. The first-order valence-electron chi connectivity index (χ1n) is 9.46. The summed E-state index contributed by atoms with van der Waals surface area (Å²) in [4.78, 5) is 12.9. The Balaban J connectivity index is 1.81. The number of fused-ring (bicyclic) bond motifs is 1. The molecule has 3 rings (SSSR count). The molecule has 0 aromatic heterocycles. The Kier molecular flexibility index (Phi) is 5.01. The molecule has 0 N–H and O–H groups in total. The predicted molar refractivity (Wildman–Crippen MR) is 104 cm³/mol. The van der Waals surface area contributed by atoms with E-state index in [-0.39, 0.29) is 29.3 Å². The van der Waals surface area contributed by atoms with Crippen LogP contribution in [-0.4, -0.2) is 12.6 Å². The minimum atomic E-state index is -0.370. The Morgan fingerprint density at radius 1 is 1.23 bits per heavy atom. The molecule has 1 heterocycles. The van der Waals surface area contributed by atoms with Gasteiger partial charge in [-0.05, 0) is 56.7 Å². The summed E-state index contributed by atoms with van der Waals surface area (Å²) in [5.41, 5.74) is 4.53. The third-order valence-corrected chi connectivity index (χ3v) is 5.45. The van der Waals surface area contributed by atoms with E-state index in [2.05, 4.69) is 45.9 Å². The lowest BCUT2D eigenvalue weighted by molar-refractivity contribution is -0.149. The van der Waals surface area contributed by atoms with Crippen LogP contribution >= 0.6 is 0 Å². The molecule has 1 aromatic carbocycles. The van der Waals surface area contributed by atoms with Gasteiger partial charge < -0.3 is 9.47 Å². The van der Waals surface area contributed by atoms with Crippen LogP contribution in [0.5, 0.6) is 5.75 Å². The minimum absolute atomic E-state index is 0.0368. The van der Waals surface area contributed by atoms with Gasteiger partial charge in [0.05, 0.1) is 12.5 Å². The summed E-state index contributed by atoms with van der Waals surface area (Å²) in [7, 11) is 0. The molecule has 3 nitrogen and oxygen atoms in total. The number of ether oxygens (including phenoxy) is 2. The topological polar surface area (TPSA) is 35.5 Å². The summed E-state index contributed by atoms with van der Waals surface area (Å²) in [6.45, 7) is 13.2. The smallest absolute Gasteiger partial charge is 0.311 e. The van der Waals surface area contributed by atoms with Crippen LogP contribution < -0.4 is 4.74 Å². The fourth-order valence-electron chi connectivity index (χ4n) is 3.86. The Morgan fingerprint density at radius 2 is 1.96 bits per heavy atom. The van der Waals surface area contributed by atoms with Gasteiger partial charge in [-0.3, -0.25) is 4.79 Å². The Morgan fingerprint density at radius 3 is 2.62 bits per heavy atom. The molecular formula is C23H30O3. The molecule has 1 aliphatic carbocycles. The van der Waals surface area contributed by atoms with Crippen molar-refractivity contribution in [1.29, 1.82) is 0 Å². The molecule has 140 valence electrons. The van der Waals surface area contributed by atoms with E-state index in [0.29, 0.717) is 0 Å². The highest BCUT2D eigenvalue weighted by Crippen LogP contribution is 2.60. The number of hydrogen-bond acceptors (Lipinski definition) is 3. The Bertz CT molecular complexity index is 762. The van der Waals surface area contributed by atoms with Crippen LogP contribution in [-0.2, 0) is 16.0 Å². The molecule has 2 aliphatic rings. The predicted octanol–water partition coefficient (Wildman–Crippen LogP) is 5.41. The second kappa shape index (κ2) is 6.94. The first-order valence-corrected chi connectivity index (χ1v) is 9.46. The summed E-state index contributed by atoms with van der Waals surface area (Å²) in [6.07, 6.45) is 4.79. The van der Waals surface area contributed by atoms with Gasteiger partial charge in [0, 0.05) is 12.0 Å². The van der Waals surface area contributed by atoms with E-state index in [9.17, 15) is 4.79 Å². The molecule has 26 heavy (non-hydrogen) atoms. The van der Waals surface area contributed by atoms with Crippen molar-refractivity contribution in [2.24, 2.45) is 17.3 Å². The summed E-state index contributed by atoms with van der Waals surface area (Å²) in [5.74, 6) is 0.994. The quantitative estimate of drug-likeness (QED) is 0.524. The van der Waals surface area contributed by atoms with Crippen molar-refractivity contribution in [3.05, 3.63) is 52.6 Å². The average molecular weight is 354 g/mol. The van der Waals surface area contributed by atoms with Crippen LogP contribution in [0.1, 0.15) is 58.8 Å². The van der Waals surface area contributed by atoms with Crippen molar-refractivity contribution in [3.8, 4) is 5.75 Å². The van der Waals surface area contributed by atoms with E-state index in [1.165, 1.54) is 11.1 Å². The van der Waals surface area contributed by atoms with E-state index in [1.54, 1.807) is 0 Å². The zero-order valence-corrected chi connectivity index (χ0v) is 16.8. The zero-order chi connectivity index (χ0) is 19.1. The molecule has 0 bridgehead atoms. The number of rotatable bonds is 5. The Hall–Kier alpha value is -2.03. The number of esters is 1. The maximum absolute atomic E-state index is 12.9. The van der Waals surface area contributed by atoms with Crippen molar-refractivity contribution in [2.75, 3.05) is 6.61 Å². The fraction of sp³-hybridized carbons (Fsp3) is 0.522. The van der Waals surface area contributed by atoms with Crippen molar-refractivity contribution in [3.63, 3.8) is 0 Å². The molecule has 3 heteroatoms. The van der Waals surface area contributed by atoms with E-state index >= 15 is 0 Å². The monoisotopic (exact) mass is 354 g/mol. The molecule has 1 aliphatic heterocycles. The van der Waals surface area contributed by atoms with Crippen LogP contribution in [0.3, 0.4) is 0 Å². The second-order valence-electron chi connectivity index (χ2n) is 8.64. The van der Waals surface area contributed by atoms with Gasteiger partial charge in [-0.25, -0.2) is 0 Å². The second-order valence-corrected chi connectivity index (χ2v) is 8.64. The highest BCUT2D eigenvalue weighted by atomic mass is 16.5. The van der Waals surface area contributed by atoms with Crippen LogP contribution in [0.2, 0.25) is 0 Å². The molecule has 1 saturated carbocycles. The molecule has 1 aromatic rings. The normalized spacial score (nSPS) is 23.3. The Labute approximate surface area is 157 Å². The van der Waals surface area contributed by atoms with Gasteiger partial charge in [0.2, 0.25) is 0 Å². The molecule has 0 amide bonds. The molecular weight excluding hydrogens is 324 g/mol. The van der Waals surface area contributed by atoms with Crippen molar-refractivity contribution in [2.45, 2.75) is 54.1 Å². The van der Waals surface area contributed by atoms with Gasteiger partial charge in [0.15, 0.2) is 0 Å². The largest absolute Gasteiger partial charge is 0.493 e. The van der Waals surface area contributed by atoms with Crippen LogP contribution in [0.15, 0.2) is 41.5 Å². The van der Waals surface area contributed by atoms with Gasteiger partial charge in [0.25, 0.3) is 0 Å². The highest BCUT2D eigenvalue weighted by molar-refractivity contribution is 5.78. The molecule has 3 unspecified atom stereocenters. The molecule has 0 spiro atoms. The summed E-state index contributed by atoms with van der Waals surface area (Å²) in [5, 5.41) is 0. The number of carbonyl (C=O) groups excluding carboxylic acids is 1. The first-order chi connectivity index (χ1) is 12.2. The highest BCUT2D eigenvalue weighted by Gasteiger charge is 2.61. The summed E-state index contributed by atoms with van der Waals surface area (Å²) in [6, 6.07) is 6.16. The maximum atomic E-state index is 12.9. The lowest BCUT2D eigenvalue weighted by Crippen LogP contribution is -2.14. The zero-order valence-electron chi connectivity index (χ0n) is 16.8. The van der Waals surface area contributed by atoms with E-state index in [1.807, 2.05) is 26.0 Å². The van der Waals surface area contributed by atoms with Gasteiger partial charge in [-0.15, -0.1) is 0 Å². The van der Waals surface area contributed by atoms with E-state index in [4.69, 9.17) is 9.47 Å². The van der Waals surface area contributed by atoms with Gasteiger partial charge in [-0.1, -0.05) is 43.2 Å². The van der Waals surface area contributed by atoms with Crippen LogP contribution in [0.25, 0.3) is 0 Å². The van der Waals surface area contributed by atoms with Crippen molar-refractivity contribution >= 4 is 5.97 Å². The standard InChI is InChI=1S/C23H30O3/c1-14(2)11-18-21(23(18,5)6)22(24)26-20(12-15(3)4)17-8-7-16-9-10-25-19(16)13-17/h7-8,11-13,18,20-21H,9-10H2,1-6H3. The molecule has 0 radical (unpaired) electrons. The summed E-state index contributed by atoms with van der Waals surface area (Å²) >= 11 is 0. The number of carbonyl (C=O) groups is 1. The minimum Gasteiger partial charge on any atom is -0.493 e. The van der Waals surface area contributed by atoms with E-state index in [0.717, 1.165) is 29.9 Å². The SMILES string of the molecule is CC(C)=CC(OC(=O)C1C(C=C(C)C)C1(C)C)c1ccc2c(c1)OCC2. The maximum Gasteiger partial charge on any atom is 0.311 e. The lowest BCUT2D eigenvalue weighted by Gasteiger charge is -2.17. The van der Waals surface area contributed by atoms with Gasteiger partial charge >= 0.3 is 5.97 Å². The number of allylic oxidation sites excluding steroid dienone is 3. The lowest BCUT2D eigenvalue weighted by atomic mass is 10.0. The van der Waals surface area contributed by atoms with Crippen LogP contribution in [0.4, 0.5) is 0 Å². The third-order valence-electron chi connectivity index (χ3n) is 5.45. The average Bonchev–Trinajstić information content (AvgIpc) is 2.90. The number of hydrogen-bond donors (Lipinski definition) is 0. The molecule has 0 saturated heterocycles. The number of benzene rings is 1.